The van der Waals surface area contributed by atoms with Crippen LogP contribution in [0.3, 0.4) is 0 Å². The van der Waals surface area contributed by atoms with Crippen molar-refractivity contribution >= 4 is 11.9 Å². The van der Waals surface area contributed by atoms with E-state index in [9.17, 15) is 14.7 Å². The molecule has 0 aromatic heterocycles. The molecule has 0 spiro atoms. The second kappa shape index (κ2) is 7.53. The summed E-state index contributed by atoms with van der Waals surface area (Å²) < 4.78 is 5.36. The minimum absolute atomic E-state index is 0.122. The largest absolute Gasteiger partial charge is 0.507 e. The number of urea groups is 1. The summed E-state index contributed by atoms with van der Waals surface area (Å²) in [5.41, 5.74) is 0.00783. The summed E-state index contributed by atoms with van der Waals surface area (Å²) in [6, 6.07) is 4.89. The van der Waals surface area contributed by atoms with Gasteiger partial charge in [0.1, 0.15) is 17.0 Å². The van der Waals surface area contributed by atoms with Crippen molar-refractivity contribution in [3.63, 3.8) is 0 Å². The van der Waals surface area contributed by atoms with Crippen LogP contribution < -0.4 is 15.4 Å². The summed E-state index contributed by atoms with van der Waals surface area (Å²) in [4.78, 5) is 26.4. The van der Waals surface area contributed by atoms with Gasteiger partial charge in [0.25, 0.3) is 5.91 Å². The van der Waals surface area contributed by atoms with Crippen molar-refractivity contribution in [3.05, 3.63) is 23.8 Å². The van der Waals surface area contributed by atoms with Crippen molar-refractivity contribution in [3.8, 4) is 11.5 Å². The predicted octanol–water partition coefficient (Wildman–Crippen LogP) is 1.99. The van der Waals surface area contributed by atoms with Crippen molar-refractivity contribution in [2.75, 3.05) is 20.2 Å². The van der Waals surface area contributed by atoms with Crippen molar-refractivity contribution in [2.24, 2.45) is 5.92 Å². The van der Waals surface area contributed by atoms with E-state index in [-0.39, 0.29) is 23.6 Å². The van der Waals surface area contributed by atoms with Gasteiger partial charge in [-0.25, -0.2) is 4.79 Å². The average molecular weight is 361 g/mol. The highest BCUT2D eigenvalue weighted by Crippen LogP contribution is 2.36. The highest BCUT2D eigenvalue weighted by Gasteiger charge is 2.51. The molecule has 26 heavy (non-hydrogen) atoms. The maximum atomic E-state index is 12.4. The number of imide groups is 1. The van der Waals surface area contributed by atoms with E-state index in [0.717, 1.165) is 37.9 Å². The van der Waals surface area contributed by atoms with Crippen molar-refractivity contribution in [1.82, 2.24) is 15.5 Å². The molecule has 3 N–H and O–H groups in total. The molecule has 0 bridgehead atoms. The van der Waals surface area contributed by atoms with E-state index in [2.05, 4.69) is 15.5 Å². The molecule has 0 unspecified atom stereocenters. The second-order valence-electron chi connectivity index (χ2n) is 7.14. The summed E-state index contributed by atoms with van der Waals surface area (Å²) in [6.45, 7) is 4.23. The molecule has 1 atom stereocenters. The Kier molecular flexibility index (Phi) is 5.36. The van der Waals surface area contributed by atoms with Crippen LogP contribution >= 0.6 is 0 Å². The number of phenolic OH excluding ortho intramolecular Hbond substituents is 1. The van der Waals surface area contributed by atoms with Crippen LogP contribution in [0, 0.1) is 5.92 Å². The smallest absolute Gasteiger partial charge is 0.322 e. The van der Waals surface area contributed by atoms with Crippen molar-refractivity contribution < 1.29 is 19.4 Å². The Morgan fingerprint density at radius 3 is 2.62 bits per heavy atom. The monoisotopic (exact) mass is 361 g/mol. The Hall–Kier alpha value is -2.28. The van der Waals surface area contributed by atoms with Gasteiger partial charge in [-0.2, -0.15) is 0 Å². The molecule has 7 heteroatoms. The van der Waals surface area contributed by atoms with Gasteiger partial charge >= 0.3 is 6.03 Å². The summed E-state index contributed by atoms with van der Waals surface area (Å²) in [5.74, 6) is 0.843. The molecule has 1 aromatic carbocycles. The SMILES string of the molecule is CCC[C@]1(C2CCN(Cc3c(O)cccc3OC)CC2)NC(=O)NC1=O. The molecule has 0 saturated carbocycles. The Morgan fingerprint density at radius 1 is 1.31 bits per heavy atom. The van der Waals surface area contributed by atoms with Crippen LogP contribution in [0.2, 0.25) is 0 Å². The lowest BCUT2D eigenvalue weighted by Crippen LogP contribution is -2.55. The molecule has 7 nitrogen and oxygen atoms in total. The number of amides is 3. The van der Waals surface area contributed by atoms with E-state index in [1.165, 1.54) is 0 Å². The number of piperidine rings is 1. The molecule has 2 fully saturated rings. The van der Waals surface area contributed by atoms with Crippen LogP contribution in [-0.4, -0.2) is 47.7 Å². The number of phenols is 1. The maximum absolute atomic E-state index is 12.4. The van der Waals surface area contributed by atoms with E-state index < -0.39 is 5.54 Å². The number of methoxy groups -OCH3 is 1. The fraction of sp³-hybridized carbons (Fsp3) is 0.579. The van der Waals surface area contributed by atoms with Gasteiger partial charge in [0.15, 0.2) is 0 Å². The molecule has 3 rings (SSSR count). The lowest BCUT2D eigenvalue weighted by molar-refractivity contribution is -0.127. The molecule has 1 aromatic rings. The number of hydrogen-bond donors (Lipinski definition) is 3. The number of carbonyl (C=O) groups is 2. The van der Waals surface area contributed by atoms with Gasteiger partial charge in [-0.3, -0.25) is 15.0 Å². The highest BCUT2D eigenvalue weighted by atomic mass is 16.5. The molecule has 3 amide bonds. The van der Waals surface area contributed by atoms with E-state index in [1.54, 1.807) is 19.2 Å². The molecule has 0 radical (unpaired) electrons. The Bertz CT molecular complexity index is 685. The van der Waals surface area contributed by atoms with E-state index in [1.807, 2.05) is 13.0 Å². The number of nitrogens with one attached hydrogen (secondary N) is 2. The van der Waals surface area contributed by atoms with Gasteiger partial charge < -0.3 is 15.2 Å². The number of nitrogens with zero attached hydrogens (tertiary/aromatic N) is 1. The van der Waals surface area contributed by atoms with Crippen LogP contribution in [0.1, 0.15) is 38.2 Å². The summed E-state index contributed by atoms with van der Waals surface area (Å²) in [6.07, 6.45) is 3.14. The lowest BCUT2D eigenvalue weighted by atomic mass is 9.75. The standard InChI is InChI=1S/C19H27N3O4/c1-3-9-19(17(24)20-18(25)21-19)13-7-10-22(11-8-13)12-14-15(23)5-4-6-16(14)26-2/h4-6,13,23H,3,7-12H2,1-2H3,(H2,20,21,24,25)/t19-/m1/s1. The van der Waals surface area contributed by atoms with Gasteiger partial charge in [-0.05, 0) is 50.4 Å². The van der Waals surface area contributed by atoms with Crippen LogP contribution in [-0.2, 0) is 11.3 Å². The minimum Gasteiger partial charge on any atom is -0.507 e. The molecule has 2 aliphatic rings. The first-order chi connectivity index (χ1) is 12.5. The minimum atomic E-state index is -0.773. The highest BCUT2D eigenvalue weighted by molar-refractivity contribution is 6.07. The molecular weight excluding hydrogens is 334 g/mol. The van der Waals surface area contributed by atoms with E-state index >= 15 is 0 Å². The zero-order chi connectivity index (χ0) is 18.7. The lowest BCUT2D eigenvalue weighted by Gasteiger charge is -2.40. The zero-order valence-electron chi connectivity index (χ0n) is 15.4. The topological polar surface area (TPSA) is 90.9 Å². The first-order valence-corrected chi connectivity index (χ1v) is 9.21. The van der Waals surface area contributed by atoms with Crippen molar-refractivity contribution in [1.29, 1.82) is 0 Å². The number of aromatic hydroxyl groups is 1. The maximum Gasteiger partial charge on any atom is 0.322 e. The van der Waals surface area contributed by atoms with Gasteiger partial charge in [-0.1, -0.05) is 19.4 Å². The summed E-state index contributed by atoms with van der Waals surface area (Å²) in [7, 11) is 1.60. The fourth-order valence-electron chi connectivity index (χ4n) is 4.28. The van der Waals surface area contributed by atoms with Crippen LogP contribution in [0.25, 0.3) is 0 Å². The summed E-state index contributed by atoms with van der Waals surface area (Å²) >= 11 is 0. The second-order valence-corrected chi connectivity index (χ2v) is 7.14. The fourth-order valence-corrected chi connectivity index (χ4v) is 4.28. The van der Waals surface area contributed by atoms with E-state index in [4.69, 9.17) is 4.74 Å². The molecule has 2 heterocycles. The molecule has 142 valence electrons. The normalized spacial score (nSPS) is 24.4. The quantitative estimate of drug-likeness (QED) is 0.674. The van der Waals surface area contributed by atoms with Crippen molar-refractivity contribution in [2.45, 2.75) is 44.7 Å². The number of likely N-dealkylation sites (tertiary alicyclic amines) is 1. The van der Waals surface area contributed by atoms with E-state index in [0.29, 0.717) is 18.7 Å². The first kappa shape index (κ1) is 18.5. The molecule has 2 aliphatic heterocycles. The van der Waals surface area contributed by atoms with Crippen LogP contribution in [0.4, 0.5) is 4.79 Å². The third-order valence-corrected chi connectivity index (χ3v) is 5.61. The zero-order valence-corrected chi connectivity index (χ0v) is 15.4. The Morgan fingerprint density at radius 2 is 2.04 bits per heavy atom. The number of rotatable bonds is 6. The van der Waals surface area contributed by atoms with Gasteiger partial charge in [-0.15, -0.1) is 0 Å². The first-order valence-electron chi connectivity index (χ1n) is 9.21. The summed E-state index contributed by atoms with van der Waals surface area (Å²) in [5, 5.41) is 15.5. The van der Waals surface area contributed by atoms with Gasteiger partial charge in [0.05, 0.1) is 7.11 Å². The molecule has 0 aliphatic carbocycles. The third kappa shape index (κ3) is 3.35. The average Bonchev–Trinajstić information content (AvgIpc) is 2.92. The molecule has 2 saturated heterocycles. The third-order valence-electron chi connectivity index (χ3n) is 5.61. The predicted molar refractivity (Wildman–Crippen MR) is 97.0 cm³/mol. The van der Waals surface area contributed by atoms with Gasteiger partial charge in [0, 0.05) is 12.1 Å². The Labute approximate surface area is 153 Å². The number of ether oxygens (including phenoxy) is 1. The number of carbonyl (C=O) groups excluding carboxylic acids is 2. The number of hydrogen-bond acceptors (Lipinski definition) is 5. The molecular formula is C19H27N3O4. The Balaban J connectivity index is 1.68. The van der Waals surface area contributed by atoms with Gasteiger partial charge in [0.2, 0.25) is 0 Å². The van der Waals surface area contributed by atoms with Crippen LogP contribution in [0.15, 0.2) is 18.2 Å². The number of benzene rings is 1. The van der Waals surface area contributed by atoms with Crippen LogP contribution in [0.5, 0.6) is 11.5 Å².